The first-order chi connectivity index (χ1) is 14.1. The van der Waals surface area contributed by atoms with Gasteiger partial charge in [0, 0.05) is 43.3 Å². The Morgan fingerprint density at radius 2 is 2.10 bits per heavy atom. The number of fused-ring (bicyclic) bond motifs is 1. The number of carbonyl (C=O) groups is 1. The van der Waals surface area contributed by atoms with Crippen LogP contribution >= 0.6 is 0 Å². The summed E-state index contributed by atoms with van der Waals surface area (Å²) >= 11 is 0. The second kappa shape index (κ2) is 6.19. The van der Waals surface area contributed by atoms with E-state index >= 15 is 0 Å². The molecule has 7 nitrogen and oxygen atoms in total. The summed E-state index contributed by atoms with van der Waals surface area (Å²) in [6, 6.07) is 7.16. The van der Waals surface area contributed by atoms with Crippen LogP contribution in [0.15, 0.2) is 22.6 Å². The van der Waals surface area contributed by atoms with Crippen LogP contribution in [-0.4, -0.2) is 65.6 Å². The second-order valence-corrected chi connectivity index (χ2v) is 9.43. The summed E-state index contributed by atoms with van der Waals surface area (Å²) in [5.41, 5.74) is 2.39. The Kier molecular flexibility index (Phi) is 3.78. The van der Waals surface area contributed by atoms with Crippen molar-refractivity contribution in [1.82, 2.24) is 20.5 Å². The number of rotatable bonds is 3. The molecule has 4 aliphatic rings. The molecule has 1 saturated carbocycles. The van der Waals surface area contributed by atoms with Crippen molar-refractivity contribution in [2.24, 2.45) is 5.92 Å². The molecule has 1 amide bonds. The van der Waals surface area contributed by atoms with Crippen LogP contribution in [0.25, 0.3) is 11.1 Å². The van der Waals surface area contributed by atoms with Crippen LogP contribution in [0.1, 0.15) is 43.5 Å². The van der Waals surface area contributed by atoms with Crippen molar-refractivity contribution in [3.8, 4) is 0 Å². The monoisotopic (exact) mass is 395 g/mol. The Hall–Kier alpha value is -2.12. The number of oxazole rings is 1. The normalized spacial score (nSPS) is 36.3. The molecule has 3 saturated heterocycles. The number of aromatic nitrogens is 1. The smallest absolute Gasteiger partial charge is 0.298 e. The first-order valence-corrected chi connectivity index (χ1v) is 11.0. The van der Waals surface area contributed by atoms with Crippen molar-refractivity contribution in [3.05, 3.63) is 23.8 Å². The van der Waals surface area contributed by atoms with Crippen LogP contribution in [0.4, 0.5) is 6.01 Å². The van der Waals surface area contributed by atoms with Gasteiger partial charge in [-0.1, -0.05) is 6.07 Å². The van der Waals surface area contributed by atoms with Gasteiger partial charge in [-0.3, -0.25) is 9.69 Å². The van der Waals surface area contributed by atoms with Crippen molar-refractivity contribution >= 4 is 23.0 Å². The van der Waals surface area contributed by atoms with Gasteiger partial charge in [0.15, 0.2) is 5.58 Å². The standard InChI is InChI=1S/C22H29N5O2/c1-13-11-23-12-14(2)27(13)21-25-19-15(4-3-5-18(19)29-21)20(28)24-17-10-22-7-9-26(22)8-6-16(17)22/h3-5,13-14,16-17,23H,6-12H2,1-2H3,(H,24,28)/t13-,14-,16?,17?,22?/m0/s1. The fourth-order valence-corrected chi connectivity index (χ4v) is 6.33. The number of anilines is 1. The van der Waals surface area contributed by atoms with Gasteiger partial charge in [0.05, 0.1) is 5.56 Å². The summed E-state index contributed by atoms with van der Waals surface area (Å²) in [5, 5.41) is 6.74. The molecule has 7 heteroatoms. The molecule has 0 radical (unpaired) electrons. The molecular weight excluding hydrogens is 366 g/mol. The molecule has 1 aromatic carbocycles. The first kappa shape index (κ1) is 17.7. The van der Waals surface area contributed by atoms with E-state index in [9.17, 15) is 4.79 Å². The number of piperazine rings is 1. The van der Waals surface area contributed by atoms with Gasteiger partial charge in [0.1, 0.15) is 5.52 Å². The van der Waals surface area contributed by atoms with E-state index in [1.165, 1.54) is 25.9 Å². The molecule has 2 aromatic rings. The van der Waals surface area contributed by atoms with Gasteiger partial charge in [-0.25, -0.2) is 0 Å². The van der Waals surface area contributed by atoms with Gasteiger partial charge in [-0.15, -0.1) is 0 Å². The lowest BCUT2D eigenvalue weighted by molar-refractivity contribution is -0.0859. The molecule has 154 valence electrons. The van der Waals surface area contributed by atoms with Gasteiger partial charge >= 0.3 is 0 Å². The third kappa shape index (κ3) is 2.43. The lowest BCUT2D eigenvalue weighted by Gasteiger charge is -2.61. The summed E-state index contributed by atoms with van der Waals surface area (Å²) in [6.07, 6.45) is 3.61. The molecule has 5 atom stereocenters. The number of carbonyl (C=O) groups excluding carboxylic acids is 1. The number of hydrogen-bond donors (Lipinski definition) is 2. The SMILES string of the molecule is C[C@H]1CNC[C@H](C)N1c1nc2c(C(=O)NC3CC45CCN4CCC35)cccc2o1. The summed E-state index contributed by atoms with van der Waals surface area (Å²) in [6.45, 7) is 8.57. The zero-order valence-electron chi connectivity index (χ0n) is 17.1. The molecule has 1 aliphatic carbocycles. The maximum Gasteiger partial charge on any atom is 0.298 e. The first-order valence-electron chi connectivity index (χ1n) is 11.0. The highest BCUT2D eigenvalue weighted by Crippen LogP contribution is 2.57. The summed E-state index contributed by atoms with van der Waals surface area (Å²) < 4.78 is 6.09. The summed E-state index contributed by atoms with van der Waals surface area (Å²) in [4.78, 5) is 22.7. The van der Waals surface area contributed by atoms with Crippen molar-refractivity contribution in [2.45, 2.75) is 56.8 Å². The van der Waals surface area contributed by atoms with Crippen LogP contribution in [0.3, 0.4) is 0 Å². The lowest BCUT2D eigenvalue weighted by Crippen LogP contribution is -2.72. The van der Waals surface area contributed by atoms with Crippen LogP contribution in [0.2, 0.25) is 0 Å². The van der Waals surface area contributed by atoms with Crippen LogP contribution in [0.5, 0.6) is 0 Å². The number of nitrogens with zero attached hydrogens (tertiary/aromatic N) is 3. The molecule has 4 heterocycles. The van der Waals surface area contributed by atoms with Crippen LogP contribution < -0.4 is 15.5 Å². The number of hydrogen-bond acceptors (Lipinski definition) is 6. The van der Waals surface area contributed by atoms with Gasteiger partial charge in [-0.2, -0.15) is 4.98 Å². The minimum absolute atomic E-state index is 0.0190. The minimum atomic E-state index is -0.0190. The maximum atomic E-state index is 13.1. The van der Waals surface area contributed by atoms with Gasteiger partial charge < -0.3 is 20.0 Å². The van der Waals surface area contributed by atoms with E-state index in [1.54, 1.807) is 0 Å². The zero-order chi connectivity index (χ0) is 19.8. The predicted molar refractivity (Wildman–Crippen MR) is 111 cm³/mol. The third-order valence-corrected chi connectivity index (χ3v) is 7.92. The average Bonchev–Trinajstić information content (AvgIpc) is 3.17. The zero-order valence-corrected chi connectivity index (χ0v) is 17.1. The van der Waals surface area contributed by atoms with E-state index in [4.69, 9.17) is 9.40 Å². The number of benzene rings is 1. The Morgan fingerprint density at radius 3 is 2.86 bits per heavy atom. The van der Waals surface area contributed by atoms with E-state index in [1.807, 2.05) is 18.2 Å². The summed E-state index contributed by atoms with van der Waals surface area (Å²) in [5.74, 6) is 0.601. The van der Waals surface area contributed by atoms with E-state index < -0.39 is 0 Å². The minimum Gasteiger partial charge on any atom is -0.423 e. The predicted octanol–water partition coefficient (Wildman–Crippen LogP) is 1.98. The highest BCUT2D eigenvalue weighted by atomic mass is 16.4. The Labute approximate surface area is 170 Å². The molecular formula is C22H29N5O2. The van der Waals surface area contributed by atoms with Gasteiger partial charge in [-0.05, 0) is 57.7 Å². The Bertz CT molecular complexity index is 963. The van der Waals surface area contributed by atoms with Crippen molar-refractivity contribution in [2.75, 3.05) is 31.1 Å². The maximum absolute atomic E-state index is 13.1. The molecule has 3 unspecified atom stereocenters. The van der Waals surface area contributed by atoms with E-state index in [2.05, 4.69) is 34.3 Å². The van der Waals surface area contributed by atoms with Crippen molar-refractivity contribution < 1.29 is 9.21 Å². The fourth-order valence-electron chi connectivity index (χ4n) is 6.33. The molecule has 3 aliphatic heterocycles. The second-order valence-electron chi connectivity index (χ2n) is 9.43. The molecule has 2 N–H and O–H groups in total. The highest BCUT2D eigenvalue weighted by molar-refractivity contribution is 6.05. The van der Waals surface area contributed by atoms with Crippen molar-refractivity contribution in [3.63, 3.8) is 0 Å². The molecule has 1 aromatic heterocycles. The summed E-state index contributed by atoms with van der Waals surface area (Å²) in [7, 11) is 0. The number of para-hydroxylation sites is 1. The molecule has 29 heavy (non-hydrogen) atoms. The van der Waals surface area contributed by atoms with Crippen LogP contribution in [0, 0.1) is 5.92 Å². The lowest BCUT2D eigenvalue weighted by atomic mass is 9.58. The fraction of sp³-hybridized carbons (Fsp3) is 0.636. The molecule has 1 spiro atoms. The van der Waals surface area contributed by atoms with Crippen molar-refractivity contribution in [1.29, 1.82) is 0 Å². The van der Waals surface area contributed by atoms with E-state index in [-0.39, 0.29) is 5.91 Å². The Balaban J connectivity index is 1.26. The average molecular weight is 396 g/mol. The topological polar surface area (TPSA) is 73.6 Å². The molecule has 6 rings (SSSR count). The molecule has 4 fully saturated rings. The van der Waals surface area contributed by atoms with E-state index in [0.29, 0.717) is 52.3 Å². The molecule has 0 bridgehead atoms. The number of amides is 1. The van der Waals surface area contributed by atoms with Gasteiger partial charge in [0.25, 0.3) is 11.9 Å². The van der Waals surface area contributed by atoms with Gasteiger partial charge in [0.2, 0.25) is 0 Å². The van der Waals surface area contributed by atoms with Crippen LogP contribution in [-0.2, 0) is 0 Å². The number of nitrogens with one attached hydrogen (secondary N) is 2. The Morgan fingerprint density at radius 1 is 1.28 bits per heavy atom. The quantitative estimate of drug-likeness (QED) is 0.828. The highest BCUT2D eigenvalue weighted by Gasteiger charge is 2.64. The van der Waals surface area contributed by atoms with E-state index in [0.717, 1.165) is 19.5 Å². The third-order valence-electron chi connectivity index (χ3n) is 7.92. The largest absolute Gasteiger partial charge is 0.423 e.